The van der Waals surface area contributed by atoms with Crippen LogP contribution in [0, 0.1) is 6.92 Å². The number of hydrogen-bond donors (Lipinski definition) is 2. The number of halogens is 3. The number of amides is 1. The summed E-state index contributed by atoms with van der Waals surface area (Å²) in [5.41, 5.74) is 1.53. The molecular weight excluding hydrogens is 425 g/mol. The van der Waals surface area contributed by atoms with Crippen LogP contribution in [-0.2, 0) is 24.1 Å². The van der Waals surface area contributed by atoms with Crippen molar-refractivity contribution in [1.29, 1.82) is 0 Å². The number of hydrogen-bond acceptors (Lipinski definition) is 7. The summed E-state index contributed by atoms with van der Waals surface area (Å²) in [6.45, 7) is 4.05. The third kappa shape index (κ3) is 4.34. The number of likely N-dealkylation sites (N-methyl/N-ethyl adjacent to an activating group) is 1. The summed E-state index contributed by atoms with van der Waals surface area (Å²) in [6, 6.07) is 1.60. The Kier molecular flexibility index (Phi) is 5.45. The van der Waals surface area contributed by atoms with Crippen LogP contribution in [0.2, 0.25) is 0 Å². The van der Waals surface area contributed by atoms with Gasteiger partial charge in [0.15, 0.2) is 5.82 Å². The Bertz CT molecular complexity index is 1160. The van der Waals surface area contributed by atoms with Crippen LogP contribution in [0.5, 0.6) is 0 Å². The van der Waals surface area contributed by atoms with Gasteiger partial charge in [-0.3, -0.25) is 14.5 Å². The van der Waals surface area contributed by atoms with E-state index in [4.69, 9.17) is 0 Å². The zero-order valence-corrected chi connectivity index (χ0v) is 17.6. The van der Waals surface area contributed by atoms with E-state index in [1.54, 1.807) is 38.2 Å². The third-order valence-corrected chi connectivity index (χ3v) is 5.22. The molecule has 0 bridgehead atoms. The quantitative estimate of drug-likeness (QED) is 0.622. The highest BCUT2D eigenvalue weighted by molar-refractivity contribution is 6.03. The first-order chi connectivity index (χ1) is 15.1. The molecule has 32 heavy (non-hydrogen) atoms. The minimum Gasteiger partial charge on any atom is -0.350 e. The van der Waals surface area contributed by atoms with Gasteiger partial charge in [-0.1, -0.05) is 0 Å². The second kappa shape index (κ2) is 8.09. The molecule has 9 nitrogen and oxygen atoms in total. The van der Waals surface area contributed by atoms with E-state index in [1.807, 2.05) is 0 Å². The molecule has 0 spiro atoms. The number of carbonyl (C=O) groups is 1. The maximum atomic E-state index is 12.9. The minimum atomic E-state index is -4.42. The number of carbonyl (C=O) groups excluding carboxylic acids is 1. The molecule has 0 unspecified atom stereocenters. The molecule has 0 aliphatic carbocycles. The van der Waals surface area contributed by atoms with Gasteiger partial charge in [-0.15, -0.1) is 0 Å². The third-order valence-electron chi connectivity index (χ3n) is 5.22. The number of nitrogens with zero attached hydrogens (tertiary/aromatic N) is 6. The van der Waals surface area contributed by atoms with Crippen molar-refractivity contribution in [2.24, 2.45) is 0 Å². The highest BCUT2D eigenvalue weighted by Gasteiger charge is 2.31. The number of alkyl halides is 3. The number of rotatable bonds is 5. The van der Waals surface area contributed by atoms with Gasteiger partial charge < -0.3 is 15.5 Å². The van der Waals surface area contributed by atoms with Gasteiger partial charge in [0.05, 0.1) is 29.7 Å². The fourth-order valence-electron chi connectivity index (χ4n) is 3.30. The molecule has 1 atom stereocenters. The Labute approximate surface area is 181 Å². The largest absolute Gasteiger partial charge is 0.416 e. The summed E-state index contributed by atoms with van der Waals surface area (Å²) in [5, 5.41) is 10.1. The maximum Gasteiger partial charge on any atom is 0.416 e. The highest BCUT2D eigenvalue weighted by Crippen LogP contribution is 2.32. The summed E-state index contributed by atoms with van der Waals surface area (Å²) < 4.78 is 40.1. The lowest BCUT2D eigenvalue weighted by Gasteiger charge is -2.32. The maximum absolute atomic E-state index is 12.9. The Balaban J connectivity index is 1.44. The number of pyridine rings is 1. The van der Waals surface area contributed by atoms with Crippen molar-refractivity contribution in [2.45, 2.75) is 39.2 Å². The number of nitrogens with one attached hydrogen (secondary N) is 2. The number of fused-ring (bicyclic) bond motifs is 1. The summed E-state index contributed by atoms with van der Waals surface area (Å²) in [5.74, 6) is 0.900. The van der Waals surface area contributed by atoms with Gasteiger partial charge >= 0.3 is 6.18 Å². The summed E-state index contributed by atoms with van der Waals surface area (Å²) in [4.78, 5) is 26.7. The first kappa shape index (κ1) is 21.5. The molecule has 1 aliphatic heterocycles. The Hall–Kier alpha value is -3.70. The second-order valence-corrected chi connectivity index (χ2v) is 7.54. The monoisotopic (exact) mass is 446 g/mol. The molecule has 12 heteroatoms. The van der Waals surface area contributed by atoms with Crippen LogP contribution in [0.15, 0.2) is 30.7 Å². The second-order valence-electron chi connectivity index (χ2n) is 7.54. The average molecular weight is 446 g/mol. The predicted molar refractivity (Wildman–Crippen MR) is 111 cm³/mol. The topological polar surface area (TPSA) is 101 Å². The van der Waals surface area contributed by atoms with Crippen LogP contribution in [0.1, 0.15) is 29.4 Å². The fourth-order valence-corrected chi connectivity index (χ4v) is 3.30. The molecule has 3 aromatic rings. The van der Waals surface area contributed by atoms with E-state index in [2.05, 4.69) is 30.7 Å². The van der Waals surface area contributed by atoms with E-state index >= 15 is 0 Å². The molecule has 0 saturated heterocycles. The van der Waals surface area contributed by atoms with Crippen molar-refractivity contribution < 1.29 is 18.0 Å². The van der Waals surface area contributed by atoms with Gasteiger partial charge in [0.2, 0.25) is 11.9 Å². The van der Waals surface area contributed by atoms with Crippen molar-refractivity contribution in [3.8, 4) is 0 Å². The Morgan fingerprint density at radius 3 is 2.81 bits per heavy atom. The summed E-state index contributed by atoms with van der Waals surface area (Å²) in [6.07, 6.45) is 0.0493. The Morgan fingerprint density at radius 1 is 1.28 bits per heavy atom. The van der Waals surface area contributed by atoms with Crippen molar-refractivity contribution in [2.75, 3.05) is 22.6 Å². The van der Waals surface area contributed by atoms with Gasteiger partial charge in [-0.05, 0) is 26.0 Å². The number of aryl methyl sites for hydroxylation is 1. The van der Waals surface area contributed by atoms with E-state index in [9.17, 15) is 18.0 Å². The smallest absolute Gasteiger partial charge is 0.350 e. The lowest BCUT2D eigenvalue weighted by Crippen LogP contribution is -2.44. The van der Waals surface area contributed by atoms with Crippen molar-refractivity contribution in [3.63, 3.8) is 0 Å². The predicted octanol–water partition coefficient (Wildman–Crippen LogP) is 2.83. The molecule has 168 valence electrons. The van der Waals surface area contributed by atoms with Crippen LogP contribution in [0.3, 0.4) is 0 Å². The van der Waals surface area contributed by atoms with Gasteiger partial charge in [0.25, 0.3) is 0 Å². The van der Waals surface area contributed by atoms with Crippen LogP contribution in [-0.4, -0.2) is 43.7 Å². The van der Waals surface area contributed by atoms with Crippen LogP contribution in [0.4, 0.5) is 30.6 Å². The molecular formula is C20H21F3N8O. The van der Waals surface area contributed by atoms with Gasteiger partial charge in [0, 0.05) is 31.5 Å². The molecule has 4 rings (SSSR count). The molecule has 2 N–H and O–H groups in total. The Morgan fingerprint density at radius 2 is 2.06 bits per heavy atom. The molecule has 0 fully saturated rings. The van der Waals surface area contributed by atoms with Crippen LogP contribution >= 0.6 is 0 Å². The minimum absolute atomic E-state index is 0.112. The fraction of sp³-hybridized carbons (Fsp3) is 0.350. The molecule has 3 aromatic heterocycles. The number of anilines is 3. The SMILES string of the molecule is Cc1nc(NCc2cnn(Cc3cc(C(F)(F)F)ccn3)c2)nc2c1NC(=O)[C@H](C)N2C. The first-order valence-electron chi connectivity index (χ1n) is 9.81. The van der Waals surface area contributed by atoms with Crippen molar-refractivity contribution >= 4 is 23.4 Å². The molecule has 0 saturated carbocycles. The molecule has 4 heterocycles. The standard InChI is InChI=1S/C20H21F3N8O/c1-11-16-17(30(3)12(2)18(32)28-16)29-19(27-11)25-7-13-8-26-31(9-13)10-15-6-14(4-5-24-15)20(21,22)23/h4-6,8-9,12H,7,10H2,1-3H3,(H,28,32)(H,25,27,29)/t12-/m0/s1. The molecule has 0 aromatic carbocycles. The van der Waals surface area contributed by atoms with Crippen LogP contribution in [0.25, 0.3) is 0 Å². The highest BCUT2D eigenvalue weighted by atomic mass is 19.4. The molecule has 0 radical (unpaired) electrons. The van der Waals surface area contributed by atoms with E-state index < -0.39 is 11.7 Å². The zero-order valence-electron chi connectivity index (χ0n) is 17.6. The van der Waals surface area contributed by atoms with Gasteiger partial charge in [-0.2, -0.15) is 23.3 Å². The summed E-state index contributed by atoms with van der Waals surface area (Å²) in [7, 11) is 1.80. The van der Waals surface area contributed by atoms with Gasteiger partial charge in [0.1, 0.15) is 11.7 Å². The van der Waals surface area contributed by atoms with Crippen LogP contribution < -0.4 is 15.5 Å². The van der Waals surface area contributed by atoms with Crippen molar-refractivity contribution in [1.82, 2.24) is 24.7 Å². The molecule has 1 aliphatic rings. The lowest BCUT2D eigenvalue weighted by molar-refractivity contribution is -0.137. The zero-order chi connectivity index (χ0) is 23.0. The number of aromatic nitrogens is 5. The normalized spacial score (nSPS) is 16.0. The van der Waals surface area contributed by atoms with E-state index in [-0.39, 0.29) is 24.2 Å². The first-order valence-corrected chi connectivity index (χ1v) is 9.81. The van der Waals surface area contributed by atoms with E-state index in [1.165, 1.54) is 4.68 Å². The average Bonchev–Trinajstić information content (AvgIpc) is 3.18. The van der Waals surface area contributed by atoms with Gasteiger partial charge in [-0.25, -0.2) is 4.98 Å². The summed E-state index contributed by atoms with van der Waals surface area (Å²) >= 11 is 0. The lowest BCUT2D eigenvalue weighted by atomic mass is 10.2. The molecule has 1 amide bonds. The van der Waals surface area contributed by atoms with Crippen molar-refractivity contribution in [3.05, 3.63) is 53.2 Å². The van der Waals surface area contributed by atoms with E-state index in [0.29, 0.717) is 29.7 Å². The van der Waals surface area contributed by atoms with E-state index in [0.717, 1.165) is 23.9 Å².